The van der Waals surface area contributed by atoms with Crippen molar-refractivity contribution in [2.24, 2.45) is 0 Å². The Morgan fingerprint density at radius 3 is 2.05 bits per heavy atom. The van der Waals surface area contributed by atoms with Crippen molar-refractivity contribution >= 4 is 11.9 Å². The molecule has 0 aliphatic rings. The van der Waals surface area contributed by atoms with Gasteiger partial charge in [-0.25, -0.2) is 10.3 Å². The highest BCUT2D eigenvalue weighted by atomic mass is 16.7. The zero-order valence-electron chi connectivity index (χ0n) is 11.3. The molecule has 0 aromatic heterocycles. The van der Waals surface area contributed by atoms with E-state index in [9.17, 15) is 9.59 Å². The lowest BCUT2D eigenvalue weighted by Gasteiger charge is -2.13. The maximum absolute atomic E-state index is 11.8. The average Bonchev–Trinajstić information content (AvgIpc) is 2.44. The van der Waals surface area contributed by atoms with E-state index in [2.05, 4.69) is 4.84 Å². The van der Waals surface area contributed by atoms with Crippen molar-refractivity contribution in [1.82, 2.24) is 5.48 Å². The summed E-state index contributed by atoms with van der Waals surface area (Å²) in [5.74, 6) is -0.885. The zero-order valence-corrected chi connectivity index (χ0v) is 11.3. The Morgan fingerprint density at radius 1 is 1.10 bits per heavy atom. The molecule has 8 heteroatoms. The molecule has 1 amide bonds. The maximum Gasteiger partial charge on any atom is 0.332 e. The van der Waals surface area contributed by atoms with Gasteiger partial charge in [-0.3, -0.25) is 9.63 Å². The molecule has 20 heavy (non-hydrogen) atoms. The van der Waals surface area contributed by atoms with Crippen LogP contribution in [0.4, 0.5) is 0 Å². The van der Waals surface area contributed by atoms with Crippen LogP contribution in [-0.4, -0.2) is 44.9 Å². The number of carboxylic acids is 1. The second kappa shape index (κ2) is 7.19. The topological polar surface area (TPSA) is 103 Å². The molecule has 0 spiro atoms. The van der Waals surface area contributed by atoms with Gasteiger partial charge in [-0.15, -0.1) is 0 Å². The number of aliphatic carboxylic acids is 1. The third kappa shape index (κ3) is 3.75. The summed E-state index contributed by atoms with van der Waals surface area (Å²) in [6.07, 6.45) is 0. The van der Waals surface area contributed by atoms with Gasteiger partial charge in [0.2, 0.25) is 5.75 Å². The number of nitrogens with one attached hydrogen (secondary N) is 1. The molecule has 0 aliphatic carbocycles. The van der Waals surface area contributed by atoms with Crippen molar-refractivity contribution in [3.8, 4) is 17.2 Å². The summed E-state index contributed by atoms with van der Waals surface area (Å²) >= 11 is 0. The molecule has 0 heterocycles. The lowest BCUT2D eigenvalue weighted by atomic mass is 10.1. The van der Waals surface area contributed by atoms with Crippen LogP contribution in [0.25, 0.3) is 0 Å². The highest BCUT2D eigenvalue weighted by Crippen LogP contribution is 2.38. The van der Waals surface area contributed by atoms with E-state index in [0.29, 0.717) is 17.2 Å². The van der Waals surface area contributed by atoms with Crippen LogP contribution in [0.15, 0.2) is 12.1 Å². The van der Waals surface area contributed by atoms with Gasteiger partial charge in [0.1, 0.15) is 0 Å². The first-order valence-corrected chi connectivity index (χ1v) is 5.47. The SMILES string of the molecule is COc1cc(C(=O)NOCC(=O)O)cc(OC)c1OC. The predicted molar refractivity (Wildman–Crippen MR) is 67.2 cm³/mol. The van der Waals surface area contributed by atoms with E-state index in [1.165, 1.54) is 33.5 Å². The van der Waals surface area contributed by atoms with Crippen molar-refractivity contribution in [3.63, 3.8) is 0 Å². The molecule has 0 saturated heterocycles. The standard InChI is InChI=1S/C12H15NO7/c1-17-8-4-7(5-9(18-2)11(8)19-3)12(16)13-20-6-10(14)15/h4-5H,6H2,1-3H3,(H,13,16)(H,14,15). The number of carboxylic acid groups (broad SMARTS) is 1. The Hall–Kier alpha value is -2.48. The minimum absolute atomic E-state index is 0.171. The monoisotopic (exact) mass is 285 g/mol. The molecule has 0 unspecified atom stereocenters. The van der Waals surface area contributed by atoms with Gasteiger partial charge in [-0.1, -0.05) is 0 Å². The fourth-order valence-electron chi connectivity index (χ4n) is 1.43. The van der Waals surface area contributed by atoms with Gasteiger partial charge >= 0.3 is 5.97 Å². The summed E-state index contributed by atoms with van der Waals surface area (Å²) in [7, 11) is 4.27. The van der Waals surface area contributed by atoms with Crippen molar-refractivity contribution in [3.05, 3.63) is 17.7 Å². The van der Waals surface area contributed by atoms with Crippen LogP contribution < -0.4 is 19.7 Å². The summed E-state index contributed by atoms with van der Waals surface area (Å²) < 4.78 is 15.3. The zero-order chi connectivity index (χ0) is 15.1. The van der Waals surface area contributed by atoms with Gasteiger partial charge in [-0.2, -0.15) is 0 Å². The van der Waals surface area contributed by atoms with E-state index >= 15 is 0 Å². The molecule has 1 aromatic carbocycles. The Bertz CT molecular complexity index is 476. The number of carbonyl (C=O) groups excluding carboxylic acids is 1. The minimum Gasteiger partial charge on any atom is -0.493 e. The van der Waals surface area contributed by atoms with Gasteiger partial charge in [0.25, 0.3) is 5.91 Å². The molecule has 1 aromatic rings. The van der Waals surface area contributed by atoms with Crippen LogP contribution in [0.1, 0.15) is 10.4 Å². The number of benzene rings is 1. The second-order valence-corrected chi connectivity index (χ2v) is 3.53. The molecule has 2 N–H and O–H groups in total. The molecule has 110 valence electrons. The molecule has 0 bridgehead atoms. The molecule has 0 saturated carbocycles. The number of carbonyl (C=O) groups is 2. The van der Waals surface area contributed by atoms with E-state index in [0.717, 1.165) is 0 Å². The summed E-state index contributed by atoms with van der Waals surface area (Å²) in [5, 5.41) is 8.40. The van der Waals surface area contributed by atoms with Crippen molar-refractivity contribution in [2.45, 2.75) is 0 Å². The number of methoxy groups -OCH3 is 3. The summed E-state index contributed by atoms with van der Waals surface area (Å²) in [4.78, 5) is 26.6. The number of hydrogen-bond donors (Lipinski definition) is 2. The molecular weight excluding hydrogens is 270 g/mol. The first kappa shape index (κ1) is 15.6. The molecular formula is C12H15NO7. The second-order valence-electron chi connectivity index (χ2n) is 3.53. The lowest BCUT2D eigenvalue weighted by Crippen LogP contribution is -2.26. The molecule has 0 radical (unpaired) electrons. The number of hydrogen-bond acceptors (Lipinski definition) is 6. The van der Waals surface area contributed by atoms with Gasteiger partial charge in [0.05, 0.1) is 21.3 Å². The van der Waals surface area contributed by atoms with E-state index in [1.54, 1.807) is 0 Å². The summed E-state index contributed by atoms with van der Waals surface area (Å²) in [6.45, 7) is -0.643. The van der Waals surface area contributed by atoms with Crippen LogP contribution in [0.2, 0.25) is 0 Å². The van der Waals surface area contributed by atoms with E-state index in [-0.39, 0.29) is 5.56 Å². The van der Waals surface area contributed by atoms with E-state index < -0.39 is 18.5 Å². The normalized spacial score (nSPS) is 9.75. The summed E-state index contributed by atoms with van der Waals surface area (Å²) in [6, 6.07) is 2.83. The third-order valence-corrected chi connectivity index (χ3v) is 2.29. The first-order chi connectivity index (χ1) is 9.53. The van der Waals surface area contributed by atoms with Crippen LogP contribution in [-0.2, 0) is 9.63 Å². The van der Waals surface area contributed by atoms with Crippen LogP contribution in [0, 0.1) is 0 Å². The first-order valence-electron chi connectivity index (χ1n) is 5.47. The van der Waals surface area contributed by atoms with Crippen molar-refractivity contribution in [1.29, 1.82) is 0 Å². The smallest absolute Gasteiger partial charge is 0.332 e. The number of rotatable bonds is 7. The van der Waals surface area contributed by atoms with Gasteiger partial charge in [0.15, 0.2) is 18.1 Å². The Morgan fingerprint density at radius 2 is 1.65 bits per heavy atom. The molecule has 0 fully saturated rings. The molecule has 0 atom stereocenters. The lowest BCUT2D eigenvalue weighted by molar-refractivity contribution is -0.144. The summed E-state index contributed by atoms with van der Waals surface area (Å²) in [5.41, 5.74) is 2.17. The fraction of sp³-hybridized carbons (Fsp3) is 0.333. The fourth-order valence-corrected chi connectivity index (χ4v) is 1.43. The van der Waals surface area contributed by atoms with Gasteiger partial charge in [0, 0.05) is 5.56 Å². The van der Waals surface area contributed by atoms with Crippen molar-refractivity contribution < 1.29 is 33.7 Å². The van der Waals surface area contributed by atoms with Crippen LogP contribution in [0.5, 0.6) is 17.2 Å². The largest absolute Gasteiger partial charge is 0.493 e. The van der Waals surface area contributed by atoms with Gasteiger partial charge < -0.3 is 19.3 Å². The third-order valence-electron chi connectivity index (χ3n) is 2.29. The van der Waals surface area contributed by atoms with Gasteiger partial charge in [-0.05, 0) is 12.1 Å². The van der Waals surface area contributed by atoms with E-state index in [4.69, 9.17) is 19.3 Å². The number of ether oxygens (including phenoxy) is 3. The Labute approximate surface area is 115 Å². The Kier molecular flexibility index (Phi) is 5.60. The van der Waals surface area contributed by atoms with Crippen LogP contribution >= 0.6 is 0 Å². The van der Waals surface area contributed by atoms with Crippen molar-refractivity contribution in [2.75, 3.05) is 27.9 Å². The maximum atomic E-state index is 11.8. The van der Waals surface area contributed by atoms with E-state index in [1.807, 2.05) is 5.48 Å². The number of amides is 1. The molecule has 0 aliphatic heterocycles. The molecule has 1 rings (SSSR count). The average molecular weight is 285 g/mol. The van der Waals surface area contributed by atoms with Crippen LogP contribution in [0.3, 0.4) is 0 Å². The highest BCUT2D eigenvalue weighted by Gasteiger charge is 2.17. The Balaban J connectivity index is 2.94. The number of hydroxylamine groups is 1. The minimum atomic E-state index is -1.20. The predicted octanol–water partition coefficient (Wildman–Crippen LogP) is 0.458. The quantitative estimate of drug-likeness (QED) is 0.701. The molecule has 8 nitrogen and oxygen atoms in total. The highest BCUT2D eigenvalue weighted by molar-refractivity contribution is 5.95.